The van der Waals surface area contributed by atoms with E-state index in [9.17, 15) is 9.59 Å². The lowest BCUT2D eigenvalue weighted by Gasteiger charge is -2.13. The normalized spacial score (nSPS) is 14.9. The van der Waals surface area contributed by atoms with Crippen molar-refractivity contribution in [3.63, 3.8) is 0 Å². The van der Waals surface area contributed by atoms with Crippen LogP contribution in [0, 0.1) is 0 Å². The number of hydrogen-bond acceptors (Lipinski definition) is 5. The maximum atomic E-state index is 12.8. The van der Waals surface area contributed by atoms with Gasteiger partial charge in [0.1, 0.15) is 18.1 Å². The second-order valence-corrected chi connectivity index (χ2v) is 8.13. The third-order valence-corrected chi connectivity index (χ3v) is 5.72. The van der Waals surface area contributed by atoms with Crippen molar-refractivity contribution in [3.05, 3.63) is 93.9 Å². The number of amides is 2. The summed E-state index contributed by atoms with van der Waals surface area (Å²) < 4.78 is 11.0. The number of benzene rings is 3. The molecule has 0 saturated carbocycles. The van der Waals surface area contributed by atoms with Crippen molar-refractivity contribution in [3.8, 4) is 11.5 Å². The zero-order valence-electron chi connectivity index (χ0n) is 16.6. The summed E-state index contributed by atoms with van der Waals surface area (Å²) in [5.74, 6) is 0.928. The number of ether oxygens (including phenoxy) is 2. The third kappa shape index (κ3) is 4.93. The molecule has 1 saturated heterocycles. The number of thioether (sulfide) groups is 1. The van der Waals surface area contributed by atoms with Crippen molar-refractivity contribution in [2.75, 3.05) is 12.0 Å². The van der Waals surface area contributed by atoms with E-state index in [2.05, 4.69) is 0 Å². The van der Waals surface area contributed by atoms with Crippen LogP contribution in [0.3, 0.4) is 0 Å². The van der Waals surface area contributed by atoms with Crippen LogP contribution in [0.15, 0.2) is 77.7 Å². The summed E-state index contributed by atoms with van der Waals surface area (Å²) in [4.78, 5) is 26.8. The molecule has 0 aliphatic carbocycles. The fourth-order valence-electron chi connectivity index (χ4n) is 3.00. The molecule has 1 aliphatic rings. The van der Waals surface area contributed by atoms with Gasteiger partial charge in [0, 0.05) is 11.1 Å². The van der Waals surface area contributed by atoms with Crippen LogP contribution in [0.25, 0.3) is 6.08 Å². The van der Waals surface area contributed by atoms with Gasteiger partial charge in [0.05, 0.1) is 17.7 Å². The van der Waals surface area contributed by atoms with E-state index in [-0.39, 0.29) is 11.1 Å². The van der Waals surface area contributed by atoms with Gasteiger partial charge in [-0.3, -0.25) is 9.59 Å². The molecule has 3 aromatic rings. The number of rotatable bonds is 6. The molecule has 1 aliphatic heterocycles. The summed E-state index contributed by atoms with van der Waals surface area (Å²) >= 11 is 6.80. The van der Waals surface area contributed by atoms with Crippen molar-refractivity contribution in [2.45, 2.75) is 6.61 Å². The van der Waals surface area contributed by atoms with Crippen molar-refractivity contribution in [1.82, 2.24) is 0 Å². The second kappa shape index (κ2) is 9.29. The van der Waals surface area contributed by atoms with Crippen LogP contribution in [0.4, 0.5) is 10.5 Å². The van der Waals surface area contributed by atoms with E-state index in [4.69, 9.17) is 21.1 Å². The SMILES string of the molecule is COc1cccc(N2C(=O)S/C(=C\c3ccc(OCc4ccc(Cl)cc4)cc3)C2=O)c1. The summed E-state index contributed by atoms with van der Waals surface area (Å²) in [5.41, 5.74) is 2.30. The lowest BCUT2D eigenvalue weighted by atomic mass is 10.2. The van der Waals surface area contributed by atoms with E-state index in [1.165, 1.54) is 7.11 Å². The number of carbonyl (C=O) groups excluding carboxylic acids is 2. The van der Waals surface area contributed by atoms with Gasteiger partial charge in [0.25, 0.3) is 11.1 Å². The molecule has 5 nitrogen and oxygen atoms in total. The first-order valence-electron chi connectivity index (χ1n) is 9.43. The Labute approximate surface area is 189 Å². The molecule has 0 spiro atoms. The first-order chi connectivity index (χ1) is 15.0. The summed E-state index contributed by atoms with van der Waals surface area (Å²) in [7, 11) is 1.54. The van der Waals surface area contributed by atoms with Crippen molar-refractivity contribution >= 4 is 46.3 Å². The number of anilines is 1. The van der Waals surface area contributed by atoms with Gasteiger partial charge in [-0.05, 0) is 65.4 Å². The van der Waals surface area contributed by atoms with Gasteiger partial charge in [0.15, 0.2) is 0 Å². The number of carbonyl (C=O) groups is 2. The zero-order chi connectivity index (χ0) is 21.8. The Hall–Kier alpha value is -3.22. The number of hydrogen-bond donors (Lipinski definition) is 0. The summed E-state index contributed by atoms with van der Waals surface area (Å²) in [5, 5.41) is 0.344. The van der Waals surface area contributed by atoms with E-state index in [0.29, 0.717) is 33.7 Å². The quantitative estimate of drug-likeness (QED) is 0.419. The lowest BCUT2D eigenvalue weighted by molar-refractivity contribution is -0.113. The molecular formula is C24H18ClNO4S. The Morgan fingerprint density at radius 3 is 2.42 bits per heavy atom. The van der Waals surface area contributed by atoms with Crippen LogP contribution in [0.2, 0.25) is 5.02 Å². The molecule has 0 bridgehead atoms. The van der Waals surface area contributed by atoms with E-state index in [0.717, 1.165) is 27.8 Å². The van der Waals surface area contributed by atoms with Gasteiger partial charge in [0.2, 0.25) is 0 Å². The third-order valence-electron chi connectivity index (χ3n) is 4.60. The summed E-state index contributed by atoms with van der Waals surface area (Å²) in [6.45, 7) is 0.427. The highest BCUT2D eigenvalue weighted by Gasteiger charge is 2.36. The Kier molecular flexibility index (Phi) is 6.30. The lowest BCUT2D eigenvalue weighted by Crippen LogP contribution is -2.27. The number of imide groups is 1. The zero-order valence-corrected chi connectivity index (χ0v) is 18.2. The van der Waals surface area contributed by atoms with Crippen LogP contribution >= 0.6 is 23.4 Å². The van der Waals surface area contributed by atoms with Crippen molar-refractivity contribution in [2.24, 2.45) is 0 Å². The molecule has 0 atom stereocenters. The molecule has 0 radical (unpaired) electrons. The van der Waals surface area contributed by atoms with Crippen LogP contribution in [0.5, 0.6) is 11.5 Å². The van der Waals surface area contributed by atoms with Gasteiger partial charge in [-0.15, -0.1) is 0 Å². The van der Waals surface area contributed by atoms with Crippen LogP contribution < -0.4 is 14.4 Å². The van der Waals surface area contributed by atoms with Crippen LogP contribution in [0.1, 0.15) is 11.1 Å². The van der Waals surface area contributed by atoms with Crippen LogP contribution in [-0.4, -0.2) is 18.3 Å². The standard InChI is InChI=1S/C24H18ClNO4S/c1-29-21-4-2-3-19(14-21)26-23(27)22(31-24(26)28)13-16-7-11-20(12-8-16)30-15-17-5-9-18(25)10-6-17/h2-14H,15H2,1H3/b22-13-. The number of halogens is 1. The molecule has 1 fully saturated rings. The van der Waals surface area contributed by atoms with Crippen molar-refractivity contribution in [1.29, 1.82) is 0 Å². The first-order valence-corrected chi connectivity index (χ1v) is 10.6. The number of methoxy groups -OCH3 is 1. The van der Waals surface area contributed by atoms with Gasteiger partial charge in [-0.2, -0.15) is 0 Å². The fraction of sp³-hybridized carbons (Fsp3) is 0.0833. The Morgan fingerprint density at radius 2 is 1.71 bits per heavy atom. The van der Waals surface area contributed by atoms with Crippen molar-refractivity contribution < 1.29 is 19.1 Å². The molecular weight excluding hydrogens is 434 g/mol. The largest absolute Gasteiger partial charge is 0.497 e. The number of nitrogens with zero attached hydrogens (tertiary/aromatic N) is 1. The van der Waals surface area contributed by atoms with Crippen LogP contribution in [-0.2, 0) is 11.4 Å². The molecule has 0 aromatic heterocycles. The molecule has 3 aromatic carbocycles. The Balaban J connectivity index is 1.45. The minimum absolute atomic E-state index is 0.340. The predicted octanol–water partition coefficient (Wildman–Crippen LogP) is 6.17. The van der Waals surface area contributed by atoms with E-state index < -0.39 is 0 Å². The minimum atomic E-state index is -0.355. The highest BCUT2D eigenvalue weighted by Crippen LogP contribution is 2.36. The average molecular weight is 452 g/mol. The molecule has 0 unspecified atom stereocenters. The fourth-order valence-corrected chi connectivity index (χ4v) is 3.97. The highest BCUT2D eigenvalue weighted by molar-refractivity contribution is 8.19. The molecule has 1 heterocycles. The maximum absolute atomic E-state index is 12.8. The average Bonchev–Trinajstić information content (AvgIpc) is 3.07. The van der Waals surface area contributed by atoms with E-state index >= 15 is 0 Å². The maximum Gasteiger partial charge on any atom is 0.298 e. The molecule has 2 amide bonds. The van der Waals surface area contributed by atoms with E-state index in [1.807, 2.05) is 48.5 Å². The van der Waals surface area contributed by atoms with Gasteiger partial charge >= 0.3 is 0 Å². The molecule has 156 valence electrons. The summed E-state index contributed by atoms with van der Waals surface area (Å²) in [6, 6.07) is 21.7. The molecule has 4 rings (SSSR count). The monoisotopic (exact) mass is 451 g/mol. The second-order valence-electron chi connectivity index (χ2n) is 6.70. The minimum Gasteiger partial charge on any atom is -0.497 e. The first kappa shape index (κ1) is 21.0. The summed E-state index contributed by atoms with van der Waals surface area (Å²) in [6.07, 6.45) is 1.70. The van der Waals surface area contributed by atoms with Gasteiger partial charge < -0.3 is 9.47 Å². The topological polar surface area (TPSA) is 55.8 Å². The Bertz CT molecular complexity index is 1140. The molecule has 0 N–H and O–H groups in total. The Morgan fingerprint density at radius 1 is 0.968 bits per heavy atom. The van der Waals surface area contributed by atoms with E-state index in [1.54, 1.807) is 30.3 Å². The molecule has 7 heteroatoms. The predicted molar refractivity (Wildman–Crippen MR) is 124 cm³/mol. The molecule has 31 heavy (non-hydrogen) atoms. The van der Waals surface area contributed by atoms with Gasteiger partial charge in [-0.1, -0.05) is 41.9 Å². The van der Waals surface area contributed by atoms with Gasteiger partial charge in [-0.25, -0.2) is 4.90 Å². The highest BCUT2D eigenvalue weighted by atomic mass is 35.5. The smallest absolute Gasteiger partial charge is 0.298 e.